The summed E-state index contributed by atoms with van der Waals surface area (Å²) >= 11 is 0. The lowest BCUT2D eigenvalue weighted by molar-refractivity contribution is -0.209. The third-order valence-corrected chi connectivity index (χ3v) is 5.55. The molecule has 1 aliphatic heterocycles. The third-order valence-electron chi connectivity index (χ3n) is 5.55. The molecule has 1 unspecified atom stereocenters. The van der Waals surface area contributed by atoms with Gasteiger partial charge in [-0.3, -0.25) is 9.59 Å². The number of amides is 2. The molecule has 0 aliphatic carbocycles. The number of carbonyl (C=O) groups excluding carboxylic acids is 3. The number of carbonyl (C=O) groups is 4. The van der Waals surface area contributed by atoms with E-state index in [-0.39, 0.29) is 12.8 Å². The standard InChI is InChI=1S/C23H39NO6/c25-19-15-13-11-9-7-5-3-1-2-4-6-8-10-12-14-16-20(23(28)29)30-24-21(26)17-18-22(24)27/h19-20H,1-18H2,(H,28,29). The maximum absolute atomic E-state index is 11.5. The number of carboxylic acid groups (broad SMARTS) is 1. The number of hydroxylamine groups is 2. The highest BCUT2D eigenvalue weighted by molar-refractivity contribution is 6.00. The van der Waals surface area contributed by atoms with E-state index in [1.165, 1.54) is 57.8 Å². The molecule has 0 radical (unpaired) electrons. The molecule has 0 bridgehead atoms. The van der Waals surface area contributed by atoms with Gasteiger partial charge in [-0.1, -0.05) is 83.5 Å². The van der Waals surface area contributed by atoms with Crippen molar-refractivity contribution >= 4 is 24.1 Å². The molecule has 0 saturated carbocycles. The van der Waals surface area contributed by atoms with Crippen LogP contribution in [0.3, 0.4) is 0 Å². The number of rotatable bonds is 20. The summed E-state index contributed by atoms with van der Waals surface area (Å²) in [5, 5.41) is 9.88. The molecule has 0 spiro atoms. The lowest BCUT2D eigenvalue weighted by atomic mass is 10.0. The SMILES string of the molecule is O=CCCCCCCCCCCCCCCCCC(ON1C(=O)CCC1=O)C(=O)O. The van der Waals surface area contributed by atoms with E-state index in [0.29, 0.717) is 24.3 Å². The largest absolute Gasteiger partial charge is 0.479 e. The van der Waals surface area contributed by atoms with Crippen molar-refractivity contribution in [3.05, 3.63) is 0 Å². The number of hydrogen-bond donors (Lipinski definition) is 1. The summed E-state index contributed by atoms with van der Waals surface area (Å²) in [5.74, 6) is -2.05. The number of nitrogens with zero attached hydrogens (tertiary/aromatic N) is 1. The van der Waals surface area contributed by atoms with E-state index < -0.39 is 23.9 Å². The number of hydrogen-bond acceptors (Lipinski definition) is 5. The van der Waals surface area contributed by atoms with Gasteiger partial charge in [-0.05, 0) is 12.8 Å². The predicted molar refractivity (Wildman–Crippen MR) is 114 cm³/mol. The molecule has 1 atom stereocenters. The molecular weight excluding hydrogens is 386 g/mol. The number of carboxylic acids is 1. The fourth-order valence-corrected chi connectivity index (χ4v) is 3.70. The van der Waals surface area contributed by atoms with Crippen LogP contribution in [0.2, 0.25) is 0 Å². The van der Waals surface area contributed by atoms with E-state index in [4.69, 9.17) is 4.84 Å². The molecule has 7 heteroatoms. The molecule has 1 fully saturated rings. The van der Waals surface area contributed by atoms with Crippen LogP contribution in [0.4, 0.5) is 0 Å². The number of unbranched alkanes of at least 4 members (excludes halogenated alkanes) is 14. The number of aliphatic carboxylic acids is 1. The zero-order valence-electron chi connectivity index (χ0n) is 18.3. The second-order valence-electron chi connectivity index (χ2n) is 8.21. The van der Waals surface area contributed by atoms with Crippen LogP contribution in [-0.4, -0.2) is 40.3 Å². The summed E-state index contributed by atoms with van der Waals surface area (Å²) in [4.78, 5) is 49.8. The Bertz CT molecular complexity index is 506. The van der Waals surface area contributed by atoms with E-state index in [1.54, 1.807) is 0 Å². The Labute approximate surface area is 180 Å². The van der Waals surface area contributed by atoms with Gasteiger partial charge in [0.15, 0.2) is 6.10 Å². The van der Waals surface area contributed by atoms with Crippen molar-refractivity contribution in [1.29, 1.82) is 0 Å². The summed E-state index contributed by atoms with van der Waals surface area (Å²) in [5.41, 5.74) is 0. The first-order chi connectivity index (χ1) is 14.6. The van der Waals surface area contributed by atoms with Crippen molar-refractivity contribution in [1.82, 2.24) is 5.06 Å². The smallest absolute Gasteiger partial charge is 0.335 e. The molecule has 1 aliphatic rings. The van der Waals surface area contributed by atoms with Gasteiger partial charge in [0.1, 0.15) is 6.29 Å². The Morgan fingerprint density at radius 1 is 0.800 bits per heavy atom. The van der Waals surface area contributed by atoms with Gasteiger partial charge in [-0.25, -0.2) is 9.63 Å². The zero-order valence-corrected chi connectivity index (χ0v) is 18.3. The summed E-state index contributed by atoms with van der Waals surface area (Å²) in [6, 6.07) is 0. The minimum Gasteiger partial charge on any atom is -0.479 e. The fraction of sp³-hybridized carbons (Fsp3) is 0.826. The van der Waals surface area contributed by atoms with Crippen molar-refractivity contribution in [2.24, 2.45) is 0 Å². The van der Waals surface area contributed by atoms with Crippen molar-refractivity contribution in [2.45, 2.75) is 122 Å². The Morgan fingerprint density at radius 3 is 1.60 bits per heavy atom. The average Bonchev–Trinajstić information content (AvgIpc) is 3.04. The molecule has 30 heavy (non-hydrogen) atoms. The molecular formula is C23H39NO6. The molecule has 0 aromatic heterocycles. The molecule has 0 aromatic rings. The molecule has 2 amide bonds. The normalized spacial score (nSPS) is 15.0. The second-order valence-corrected chi connectivity index (χ2v) is 8.21. The van der Waals surface area contributed by atoms with Crippen LogP contribution in [0.15, 0.2) is 0 Å². The van der Waals surface area contributed by atoms with Crippen molar-refractivity contribution < 1.29 is 29.1 Å². The average molecular weight is 426 g/mol. The first-order valence-corrected chi connectivity index (χ1v) is 11.7. The molecule has 1 rings (SSSR count). The molecule has 1 heterocycles. The highest BCUT2D eigenvalue weighted by atomic mass is 16.7. The maximum atomic E-state index is 11.5. The summed E-state index contributed by atoms with van der Waals surface area (Å²) in [6.07, 6.45) is 17.3. The molecule has 7 nitrogen and oxygen atoms in total. The van der Waals surface area contributed by atoms with Crippen LogP contribution in [-0.2, 0) is 24.0 Å². The topological polar surface area (TPSA) is 101 Å². The van der Waals surface area contributed by atoms with Crippen LogP contribution < -0.4 is 0 Å². The van der Waals surface area contributed by atoms with E-state index in [0.717, 1.165) is 32.0 Å². The van der Waals surface area contributed by atoms with E-state index in [1.807, 2.05) is 0 Å². The highest BCUT2D eigenvalue weighted by Crippen LogP contribution is 2.18. The Morgan fingerprint density at radius 2 is 1.20 bits per heavy atom. The quantitative estimate of drug-likeness (QED) is 0.168. The first-order valence-electron chi connectivity index (χ1n) is 11.7. The van der Waals surface area contributed by atoms with Gasteiger partial charge in [0.25, 0.3) is 11.8 Å². The number of aldehydes is 1. The van der Waals surface area contributed by atoms with Crippen LogP contribution in [0.25, 0.3) is 0 Å². The minimum atomic E-state index is -1.14. The van der Waals surface area contributed by atoms with E-state index in [2.05, 4.69) is 0 Å². The van der Waals surface area contributed by atoms with Crippen LogP contribution >= 0.6 is 0 Å². The van der Waals surface area contributed by atoms with Gasteiger partial charge in [0, 0.05) is 19.3 Å². The predicted octanol–water partition coefficient (Wildman–Crippen LogP) is 4.96. The van der Waals surface area contributed by atoms with Crippen LogP contribution in [0.5, 0.6) is 0 Å². The van der Waals surface area contributed by atoms with Gasteiger partial charge in [0.2, 0.25) is 0 Å². The summed E-state index contributed by atoms with van der Waals surface area (Å²) in [6.45, 7) is 0. The lowest BCUT2D eigenvalue weighted by Gasteiger charge is -2.19. The lowest BCUT2D eigenvalue weighted by Crippen LogP contribution is -2.37. The van der Waals surface area contributed by atoms with Gasteiger partial charge in [-0.2, -0.15) is 5.06 Å². The van der Waals surface area contributed by atoms with Crippen molar-refractivity contribution in [2.75, 3.05) is 0 Å². The van der Waals surface area contributed by atoms with E-state index in [9.17, 15) is 24.3 Å². The van der Waals surface area contributed by atoms with Gasteiger partial charge >= 0.3 is 5.97 Å². The Balaban J connectivity index is 1.92. The highest BCUT2D eigenvalue weighted by Gasteiger charge is 2.34. The van der Waals surface area contributed by atoms with Gasteiger partial charge < -0.3 is 9.90 Å². The molecule has 0 aromatic carbocycles. The Hall–Kier alpha value is -1.76. The van der Waals surface area contributed by atoms with Crippen molar-refractivity contribution in [3.8, 4) is 0 Å². The molecule has 172 valence electrons. The monoisotopic (exact) mass is 425 g/mol. The first kappa shape index (κ1) is 26.3. The zero-order chi connectivity index (χ0) is 22.0. The van der Waals surface area contributed by atoms with Gasteiger partial charge in [-0.15, -0.1) is 0 Å². The summed E-state index contributed by atoms with van der Waals surface area (Å²) in [7, 11) is 0. The number of imide groups is 1. The minimum absolute atomic E-state index is 0.0909. The second kappa shape index (κ2) is 17.0. The van der Waals surface area contributed by atoms with E-state index >= 15 is 0 Å². The van der Waals surface area contributed by atoms with Crippen LogP contribution in [0, 0.1) is 0 Å². The Kier molecular flexibility index (Phi) is 14.9. The molecule has 1 N–H and O–H groups in total. The molecule has 1 saturated heterocycles. The van der Waals surface area contributed by atoms with Gasteiger partial charge in [0.05, 0.1) is 0 Å². The summed E-state index contributed by atoms with van der Waals surface area (Å²) < 4.78 is 0. The third kappa shape index (κ3) is 12.1. The van der Waals surface area contributed by atoms with Crippen LogP contribution in [0.1, 0.15) is 116 Å². The fourth-order valence-electron chi connectivity index (χ4n) is 3.70. The maximum Gasteiger partial charge on any atom is 0.335 e. The van der Waals surface area contributed by atoms with Crippen molar-refractivity contribution in [3.63, 3.8) is 0 Å².